The first-order valence-electron chi connectivity index (χ1n) is 8.33. The second kappa shape index (κ2) is 4.52. The van der Waals surface area contributed by atoms with Crippen LogP contribution >= 0.6 is 11.3 Å². The van der Waals surface area contributed by atoms with E-state index in [9.17, 15) is 0 Å². The molecule has 0 saturated heterocycles. The van der Waals surface area contributed by atoms with Crippen molar-refractivity contribution in [3.8, 4) is 0 Å². The lowest BCUT2D eigenvalue weighted by atomic mass is 9.96. The van der Waals surface area contributed by atoms with E-state index in [0.717, 1.165) is 11.0 Å². The summed E-state index contributed by atoms with van der Waals surface area (Å²) in [6.45, 7) is 0. The molecule has 0 spiro atoms. The summed E-state index contributed by atoms with van der Waals surface area (Å²) in [5.74, 6) is 6.61. The normalized spacial score (nSPS) is 12.2. The summed E-state index contributed by atoms with van der Waals surface area (Å²) in [4.78, 5) is 0. The summed E-state index contributed by atoms with van der Waals surface area (Å²) in [6.07, 6.45) is 0. The van der Waals surface area contributed by atoms with Crippen LogP contribution in [-0.2, 0) is 0 Å². The van der Waals surface area contributed by atoms with E-state index in [1.165, 1.54) is 42.4 Å². The number of nitrogens with two attached hydrogens (primary N) is 1. The van der Waals surface area contributed by atoms with Crippen LogP contribution in [0.5, 0.6) is 0 Å². The van der Waals surface area contributed by atoms with Crippen LogP contribution in [0, 0.1) is 0 Å². The molecule has 6 aromatic rings. The van der Waals surface area contributed by atoms with E-state index in [2.05, 4.69) is 72.1 Å². The van der Waals surface area contributed by atoms with Crippen LogP contribution in [0.15, 0.2) is 72.1 Å². The zero-order chi connectivity index (χ0) is 16.5. The van der Waals surface area contributed by atoms with Gasteiger partial charge in [-0.1, -0.05) is 54.6 Å². The molecule has 0 radical (unpaired) electrons. The first-order valence-corrected chi connectivity index (χ1v) is 9.21. The topological polar surface area (TPSA) is 30.9 Å². The van der Waals surface area contributed by atoms with Gasteiger partial charge < -0.3 is 5.84 Å². The van der Waals surface area contributed by atoms with Gasteiger partial charge in [0, 0.05) is 20.9 Å². The van der Waals surface area contributed by atoms with Crippen LogP contribution in [0.1, 0.15) is 0 Å². The third-order valence-electron chi connectivity index (χ3n) is 5.26. The van der Waals surface area contributed by atoms with E-state index in [1.54, 1.807) is 11.3 Å². The molecule has 0 fully saturated rings. The number of nitrogens with zero attached hydrogens (tertiary/aromatic N) is 1. The fourth-order valence-electron chi connectivity index (χ4n) is 4.21. The Kier molecular flexibility index (Phi) is 2.40. The Labute approximate surface area is 147 Å². The highest BCUT2D eigenvalue weighted by Crippen LogP contribution is 2.43. The number of nitrogen functional groups attached to an aromatic ring is 1. The van der Waals surface area contributed by atoms with Crippen LogP contribution < -0.4 is 5.84 Å². The van der Waals surface area contributed by atoms with Crippen LogP contribution in [-0.4, -0.2) is 4.68 Å². The van der Waals surface area contributed by atoms with E-state index in [-0.39, 0.29) is 0 Å². The summed E-state index contributed by atoms with van der Waals surface area (Å²) in [7, 11) is 0. The summed E-state index contributed by atoms with van der Waals surface area (Å²) in [6, 6.07) is 23.7. The molecule has 0 bridgehead atoms. The minimum Gasteiger partial charge on any atom is -0.339 e. The van der Waals surface area contributed by atoms with Gasteiger partial charge in [0.15, 0.2) is 0 Å². The molecule has 4 aromatic carbocycles. The summed E-state index contributed by atoms with van der Waals surface area (Å²) in [5, 5.41) is 11.0. The third kappa shape index (κ3) is 1.54. The van der Waals surface area contributed by atoms with Crippen molar-refractivity contribution >= 4 is 64.8 Å². The minimum atomic E-state index is 1.09. The highest BCUT2D eigenvalue weighted by Gasteiger charge is 2.18. The number of hydrogen-bond acceptors (Lipinski definition) is 2. The molecular formula is C22H14N2S. The second-order valence-corrected chi connectivity index (χ2v) is 7.40. The fourth-order valence-corrected chi connectivity index (χ4v) is 5.16. The van der Waals surface area contributed by atoms with Gasteiger partial charge in [0.1, 0.15) is 0 Å². The number of hydrogen-bond donors (Lipinski definition) is 1. The first kappa shape index (κ1) is 13.3. The highest BCUT2D eigenvalue weighted by atomic mass is 32.1. The second-order valence-electron chi connectivity index (χ2n) is 6.48. The Morgan fingerprint density at radius 3 is 2.16 bits per heavy atom. The molecule has 0 unspecified atom stereocenters. The van der Waals surface area contributed by atoms with Gasteiger partial charge in [-0.05, 0) is 39.1 Å². The highest BCUT2D eigenvalue weighted by molar-refractivity contribution is 7.18. The van der Waals surface area contributed by atoms with Crippen LogP contribution in [0.3, 0.4) is 0 Å². The van der Waals surface area contributed by atoms with Crippen LogP contribution in [0.4, 0.5) is 0 Å². The average Bonchev–Trinajstić information content (AvgIpc) is 3.25. The van der Waals surface area contributed by atoms with E-state index in [1.807, 2.05) is 4.68 Å². The molecule has 2 aromatic heterocycles. The summed E-state index contributed by atoms with van der Waals surface area (Å²) in [5.41, 5.74) is 2.21. The lowest BCUT2D eigenvalue weighted by Crippen LogP contribution is -2.07. The molecule has 0 amide bonds. The molecule has 0 aliphatic rings. The van der Waals surface area contributed by atoms with Gasteiger partial charge in [-0.3, -0.25) is 4.68 Å². The van der Waals surface area contributed by atoms with Crippen molar-refractivity contribution in [3.63, 3.8) is 0 Å². The Morgan fingerprint density at radius 1 is 0.680 bits per heavy atom. The first-order chi connectivity index (χ1) is 12.3. The minimum absolute atomic E-state index is 1.09. The predicted molar refractivity (Wildman–Crippen MR) is 110 cm³/mol. The molecule has 3 heteroatoms. The van der Waals surface area contributed by atoms with Crippen molar-refractivity contribution in [3.05, 3.63) is 72.1 Å². The van der Waals surface area contributed by atoms with Crippen molar-refractivity contribution in [2.45, 2.75) is 0 Å². The van der Waals surface area contributed by atoms with Crippen molar-refractivity contribution < 1.29 is 0 Å². The van der Waals surface area contributed by atoms with Gasteiger partial charge in [0.05, 0.1) is 11.0 Å². The summed E-state index contributed by atoms with van der Waals surface area (Å²) >= 11 is 1.79. The zero-order valence-corrected chi connectivity index (χ0v) is 14.2. The maximum atomic E-state index is 6.61. The maximum Gasteiger partial charge on any atom is 0.0788 e. The molecular weight excluding hydrogens is 324 g/mol. The lowest BCUT2D eigenvalue weighted by molar-refractivity contribution is 1.13. The Bertz CT molecular complexity index is 1450. The van der Waals surface area contributed by atoms with E-state index < -0.39 is 0 Å². The van der Waals surface area contributed by atoms with Gasteiger partial charge in [0.2, 0.25) is 0 Å². The molecule has 0 saturated carbocycles. The van der Waals surface area contributed by atoms with Gasteiger partial charge in [-0.2, -0.15) is 0 Å². The molecule has 0 aliphatic carbocycles. The van der Waals surface area contributed by atoms with E-state index >= 15 is 0 Å². The molecule has 25 heavy (non-hydrogen) atoms. The van der Waals surface area contributed by atoms with Crippen molar-refractivity contribution in [2.75, 3.05) is 5.84 Å². The van der Waals surface area contributed by atoms with Crippen molar-refractivity contribution in [2.24, 2.45) is 0 Å². The molecule has 118 valence electrons. The predicted octanol–water partition coefficient (Wildman–Crippen LogP) is 6.03. The fraction of sp³-hybridized carbons (Fsp3) is 0. The molecule has 2 N–H and O–H groups in total. The molecule has 2 nitrogen and oxygen atoms in total. The number of rotatable bonds is 0. The molecule has 0 aliphatic heterocycles. The van der Waals surface area contributed by atoms with Gasteiger partial charge in [-0.25, -0.2) is 0 Å². The quantitative estimate of drug-likeness (QED) is 0.266. The van der Waals surface area contributed by atoms with Gasteiger partial charge in [0.25, 0.3) is 0 Å². The number of benzene rings is 4. The largest absolute Gasteiger partial charge is 0.339 e. The number of thiophene rings is 1. The maximum absolute atomic E-state index is 6.61. The standard InChI is InChI=1S/C22H14N2S/c23-24-18-10-9-13-11-12-25-22(13)20(18)19-16-7-3-1-5-14(16)15-6-2-4-8-17(15)21(19)24/h1-12H,23H2. The van der Waals surface area contributed by atoms with Gasteiger partial charge in [-0.15, -0.1) is 11.3 Å². The lowest BCUT2D eigenvalue weighted by Gasteiger charge is -2.08. The van der Waals surface area contributed by atoms with Crippen LogP contribution in [0.2, 0.25) is 0 Å². The molecule has 0 atom stereocenters. The average molecular weight is 338 g/mol. The molecule has 2 heterocycles. The SMILES string of the molecule is Nn1c2ccc3ccsc3c2c2c3ccccc3c3ccccc3c21. The van der Waals surface area contributed by atoms with Crippen molar-refractivity contribution in [1.29, 1.82) is 0 Å². The smallest absolute Gasteiger partial charge is 0.0788 e. The Hall–Kier alpha value is -3.04. The van der Waals surface area contributed by atoms with E-state index in [0.29, 0.717) is 0 Å². The number of fused-ring (bicyclic) bond motifs is 10. The van der Waals surface area contributed by atoms with E-state index in [4.69, 9.17) is 5.84 Å². The summed E-state index contributed by atoms with van der Waals surface area (Å²) < 4.78 is 3.19. The third-order valence-corrected chi connectivity index (χ3v) is 6.20. The number of aromatic nitrogens is 1. The Balaban J connectivity index is 2.11. The Morgan fingerprint density at radius 2 is 1.36 bits per heavy atom. The molecule has 6 rings (SSSR count). The van der Waals surface area contributed by atoms with Crippen molar-refractivity contribution in [1.82, 2.24) is 4.68 Å². The van der Waals surface area contributed by atoms with Gasteiger partial charge >= 0.3 is 0 Å². The van der Waals surface area contributed by atoms with Crippen LogP contribution in [0.25, 0.3) is 53.4 Å². The zero-order valence-electron chi connectivity index (χ0n) is 13.4. The monoisotopic (exact) mass is 338 g/mol.